The Morgan fingerprint density at radius 1 is 1.11 bits per heavy atom. The first-order chi connectivity index (χ1) is 13.1. The van der Waals surface area contributed by atoms with Crippen molar-refractivity contribution in [3.63, 3.8) is 0 Å². The van der Waals surface area contributed by atoms with Crippen LogP contribution in [0.25, 0.3) is 6.08 Å². The van der Waals surface area contributed by atoms with E-state index in [9.17, 15) is 4.79 Å². The van der Waals surface area contributed by atoms with Crippen molar-refractivity contribution in [3.8, 4) is 23.0 Å². The third-order valence-electron chi connectivity index (χ3n) is 4.36. The van der Waals surface area contributed by atoms with E-state index in [0.717, 1.165) is 5.56 Å². The number of allylic oxidation sites excluding steroid dienone is 1. The standard InChI is InChI=1S/C21H23NO5/c1-4-14(20(23)15-5-6-16(22)17(12-15)24-2)9-13-10-18(25-3)21-19(11-13)26-7-8-27-21/h5-6,9-12H,4,7-8,22H2,1-3H3. The summed E-state index contributed by atoms with van der Waals surface area (Å²) in [6.07, 6.45) is 2.41. The average molecular weight is 369 g/mol. The summed E-state index contributed by atoms with van der Waals surface area (Å²) in [4.78, 5) is 13.0. The largest absolute Gasteiger partial charge is 0.495 e. The quantitative estimate of drug-likeness (QED) is 0.475. The Labute approximate surface area is 158 Å². The number of fused-ring (bicyclic) bond motifs is 1. The van der Waals surface area contributed by atoms with Crippen molar-refractivity contribution in [2.75, 3.05) is 33.2 Å². The molecule has 2 N–H and O–H groups in total. The molecule has 0 amide bonds. The van der Waals surface area contributed by atoms with Crippen LogP contribution in [-0.4, -0.2) is 33.2 Å². The lowest BCUT2D eigenvalue weighted by atomic mass is 9.98. The predicted molar refractivity (Wildman–Crippen MR) is 104 cm³/mol. The molecule has 0 saturated carbocycles. The Morgan fingerprint density at radius 2 is 1.85 bits per heavy atom. The molecule has 0 aliphatic carbocycles. The second-order valence-electron chi connectivity index (χ2n) is 6.06. The molecule has 0 bridgehead atoms. The van der Waals surface area contributed by atoms with Crippen LogP contribution < -0.4 is 24.7 Å². The topological polar surface area (TPSA) is 80.0 Å². The van der Waals surface area contributed by atoms with E-state index in [-0.39, 0.29) is 5.78 Å². The molecule has 1 aliphatic heterocycles. The summed E-state index contributed by atoms with van der Waals surface area (Å²) in [5.74, 6) is 2.19. The number of carbonyl (C=O) groups excluding carboxylic acids is 1. The molecule has 142 valence electrons. The molecular formula is C21H23NO5. The van der Waals surface area contributed by atoms with Crippen LogP contribution in [0.15, 0.2) is 35.9 Å². The van der Waals surface area contributed by atoms with E-state index in [1.54, 1.807) is 25.3 Å². The van der Waals surface area contributed by atoms with Gasteiger partial charge in [-0.05, 0) is 48.4 Å². The number of methoxy groups -OCH3 is 2. The lowest BCUT2D eigenvalue weighted by Crippen LogP contribution is -2.16. The molecule has 0 saturated heterocycles. The number of hydrogen-bond acceptors (Lipinski definition) is 6. The Morgan fingerprint density at radius 3 is 2.56 bits per heavy atom. The molecular weight excluding hydrogens is 346 g/mol. The van der Waals surface area contributed by atoms with E-state index < -0.39 is 0 Å². The summed E-state index contributed by atoms with van der Waals surface area (Å²) >= 11 is 0. The van der Waals surface area contributed by atoms with Gasteiger partial charge in [-0.15, -0.1) is 0 Å². The summed E-state index contributed by atoms with van der Waals surface area (Å²) < 4.78 is 21.9. The van der Waals surface area contributed by atoms with Crippen molar-refractivity contribution in [2.24, 2.45) is 0 Å². The number of benzene rings is 2. The van der Waals surface area contributed by atoms with Crippen LogP contribution in [0.2, 0.25) is 0 Å². The molecule has 1 aliphatic rings. The zero-order valence-electron chi connectivity index (χ0n) is 15.7. The minimum Gasteiger partial charge on any atom is -0.495 e. The summed E-state index contributed by atoms with van der Waals surface area (Å²) in [5.41, 5.74) is 8.32. The predicted octanol–water partition coefficient (Wildman–Crippen LogP) is 3.73. The number of ether oxygens (including phenoxy) is 4. The summed E-state index contributed by atoms with van der Waals surface area (Å²) in [6.45, 7) is 2.90. The minimum absolute atomic E-state index is 0.0790. The molecule has 0 aromatic heterocycles. The zero-order valence-corrected chi connectivity index (χ0v) is 15.7. The van der Waals surface area contributed by atoms with Gasteiger partial charge in [0.2, 0.25) is 5.75 Å². The molecule has 0 fully saturated rings. The zero-order chi connectivity index (χ0) is 19.4. The Balaban J connectivity index is 1.97. The Hall–Kier alpha value is -3.15. The van der Waals surface area contributed by atoms with E-state index >= 15 is 0 Å². The molecule has 0 atom stereocenters. The number of nitrogens with two attached hydrogens (primary N) is 1. The molecule has 0 spiro atoms. The smallest absolute Gasteiger partial charge is 0.203 e. The van der Waals surface area contributed by atoms with Gasteiger partial charge in [0, 0.05) is 11.1 Å². The van der Waals surface area contributed by atoms with Crippen LogP contribution in [0, 0.1) is 0 Å². The first kappa shape index (κ1) is 18.6. The highest BCUT2D eigenvalue weighted by molar-refractivity contribution is 6.11. The molecule has 0 unspecified atom stereocenters. The maximum Gasteiger partial charge on any atom is 0.203 e. The maximum absolute atomic E-state index is 13.0. The van der Waals surface area contributed by atoms with Gasteiger partial charge in [0.1, 0.15) is 19.0 Å². The fourth-order valence-electron chi connectivity index (χ4n) is 2.94. The number of anilines is 1. The van der Waals surface area contributed by atoms with Gasteiger partial charge in [-0.2, -0.15) is 0 Å². The van der Waals surface area contributed by atoms with Crippen LogP contribution in [-0.2, 0) is 0 Å². The van der Waals surface area contributed by atoms with Gasteiger partial charge in [0.25, 0.3) is 0 Å². The highest BCUT2D eigenvalue weighted by Gasteiger charge is 2.19. The summed E-state index contributed by atoms with van der Waals surface area (Å²) in [5, 5.41) is 0. The number of Topliss-reactive ketones (excluding diaryl/α,β-unsaturated/α-hetero) is 1. The van der Waals surface area contributed by atoms with Gasteiger partial charge in [-0.25, -0.2) is 0 Å². The minimum atomic E-state index is -0.0790. The molecule has 0 radical (unpaired) electrons. The highest BCUT2D eigenvalue weighted by atomic mass is 16.6. The fourth-order valence-corrected chi connectivity index (χ4v) is 2.94. The maximum atomic E-state index is 13.0. The molecule has 1 heterocycles. The van der Waals surface area contributed by atoms with Crippen LogP contribution >= 0.6 is 0 Å². The fraction of sp³-hybridized carbons (Fsp3) is 0.286. The summed E-state index contributed by atoms with van der Waals surface area (Å²) in [7, 11) is 3.10. The van der Waals surface area contributed by atoms with Gasteiger partial charge in [-0.1, -0.05) is 6.92 Å². The van der Waals surface area contributed by atoms with Gasteiger partial charge in [0.05, 0.1) is 19.9 Å². The lowest BCUT2D eigenvalue weighted by molar-refractivity contribution is 0.103. The third-order valence-corrected chi connectivity index (χ3v) is 4.36. The second-order valence-corrected chi connectivity index (χ2v) is 6.06. The first-order valence-electron chi connectivity index (χ1n) is 8.73. The van der Waals surface area contributed by atoms with Crippen LogP contribution in [0.3, 0.4) is 0 Å². The van der Waals surface area contributed by atoms with Crippen molar-refractivity contribution in [3.05, 3.63) is 47.0 Å². The van der Waals surface area contributed by atoms with Crippen LogP contribution in [0.1, 0.15) is 29.3 Å². The van der Waals surface area contributed by atoms with Crippen molar-refractivity contribution in [1.82, 2.24) is 0 Å². The Kier molecular flexibility index (Phi) is 5.54. The van der Waals surface area contributed by atoms with Crippen LogP contribution in [0.5, 0.6) is 23.0 Å². The van der Waals surface area contributed by atoms with Crippen molar-refractivity contribution >= 4 is 17.5 Å². The van der Waals surface area contributed by atoms with E-state index in [1.165, 1.54) is 7.11 Å². The number of carbonyl (C=O) groups is 1. The van der Waals surface area contributed by atoms with Gasteiger partial charge in [0.15, 0.2) is 17.3 Å². The van der Waals surface area contributed by atoms with Crippen molar-refractivity contribution in [2.45, 2.75) is 13.3 Å². The lowest BCUT2D eigenvalue weighted by Gasteiger charge is -2.21. The van der Waals surface area contributed by atoms with E-state index in [4.69, 9.17) is 24.7 Å². The molecule has 6 heteroatoms. The molecule has 6 nitrogen and oxygen atoms in total. The average Bonchev–Trinajstić information content (AvgIpc) is 2.71. The van der Waals surface area contributed by atoms with Gasteiger partial charge >= 0.3 is 0 Å². The van der Waals surface area contributed by atoms with Gasteiger partial charge in [-0.3, -0.25) is 4.79 Å². The number of hydrogen-bond donors (Lipinski definition) is 1. The van der Waals surface area contributed by atoms with E-state index in [2.05, 4.69) is 0 Å². The van der Waals surface area contributed by atoms with E-state index in [0.29, 0.717) is 59.5 Å². The molecule has 2 aromatic rings. The summed E-state index contributed by atoms with van der Waals surface area (Å²) in [6, 6.07) is 8.72. The second kappa shape index (κ2) is 8.03. The van der Waals surface area contributed by atoms with Crippen molar-refractivity contribution in [1.29, 1.82) is 0 Å². The van der Waals surface area contributed by atoms with Crippen LogP contribution in [0.4, 0.5) is 5.69 Å². The van der Waals surface area contributed by atoms with Crippen molar-refractivity contribution < 1.29 is 23.7 Å². The third kappa shape index (κ3) is 3.84. The molecule has 27 heavy (non-hydrogen) atoms. The number of nitrogen functional groups attached to an aromatic ring is 1. The monoisotopic (exact) mass is 369 g/mol. The first-order valence-corrected chi connectivity index (χ1v) is 8.73. The number of ketones is 1. The normalized spacial score (nSPS) is 13.2. The van der Waals surface area contributed by atoms with E-state index in [1.807, 2.05) is 25.1 Å². The number of rotatable bonds is 6. The Bertz CT molecular complexity index is 871. The highest BCUT2D eigenvalue weighted by Crippen LogP contribution is 2.41. The molecule has 3 rings (SSSR count). The van der Waals surface area contributed by atoms with Gasteiger partial charge < -0.3 is 24.7 Å². The SMILES string of the molecule is CCC(=Cc1cc(OC)c2c(c1)OCCO2)C(=O)c1ccc(N)c(OC)c1. The molecule has 2 aromatic carbocycles.